The van der Waals surface area contributed by atoms with E-state index in [1.54, 1.807) is 30.5 Å². The van der Waals surface area contributed by atoms with Crippen LogP contribution in [0.1, 0.15) is 28.4 Å². The predicted octanol–water partition coefficient (Wildman–Crippen LogP) is 4.02. The Labute approximate surface area is 164 Å². The van der Waals surface area contributed by atoms with Crippen molar-refractivity contribution >= 4 is 29.0 Å². The van der Waals surface area contributed by atoms with Crippen LogP contribution in [0.2, 0.25) is 0 Å². The van der Waals surface area contributed by atoms with Gasteiger partial charge in [0.05, 0.1) is 0 Å². The molecule has 142 valence electrons. The maximum atomic E-state index is 12.5. The Bertz CT molecular complexity index is 984. The Kier molecular flexibility index (Phi) is 6.01. The number of benzene rings is 2. The number of nitrogens with one attached hydrogen (secondary N) is 3. The van der Waals surface area contributed by atoms with Gasteiger partial charge in [0.2, 0.25) is 5.91 Å². The molecule has 6 heteroatoms. The van der Waals surface area contributed by atoms with Crippen LogP contribution in [0.3, 0.4) is 0 Å². The minimum atomic E-state index is -0.168. The van der Waals surface area contributed by atoms with E-state index in [1.807, 2.05) is 43.3 Å². The van der Waals surface area contributed by atoms with E-state index in [9.17, 15) is 9.59 Å². The van der Waals surface area contributed by atoms with Crippen LogP contribution in [-0.2, 0) is 11.3 Å². The van der Waals surface area contributed by atoms with Crippen LogP contribution >= 0.6 is 0 Å². The number of pyridine rings is 1. The molecular weight excluding hydrogens is 352 g/mol. The van der Waals surface area contributed by atoms with Crippen molar-refractivity contribution in [2.75, 3.05) is 10.6 Å². The molecule has 0 fully saturated rings. The van der Waals surface area contributed by atoms with E-state index in [0.29, 0.717) is 23.6 Å². The third kappa shape index (κ3) is 5.41. The zero-order chi connectivity index (χ0) is 19.9. The van der Waals surface area contributed by atoms with Gasteiger partial charge in [-0.05, 0) is 42.8 Å². The van der Waals surface area contributed by atoms with E-state index in [2.05, 4.69) is 20.9 Å². The van der Waals surface area contributed by atoms with Crippen molar-refractivity contribution in [1.29, 1.82) is 0 Å². The van der Waals surface area contributed by atoms with Crippen LogP contribution in [0.25, 0.3) is 0 Å². The second kappa shape index (κ2) is 8.81. The molecule has 6 nitrogen and oxygen atoms in total. The number of carbonyl (C=O) groups excluding carboxylic acids is 2. The fourth-order valence-corrected chi connectivity index (χ4v) is 2.66. The van der Waals surface area contributed by atoms with Gasteiger partial charge in [0.1, 0.15) is 5.82 Å². The molecule has 0 atom stereocenters. The van der Waals surface area contributed by atoms with Crippen molar-refractivity contribution in [1.82, 2.24) is 10.3 Å². The summed E-state index contributed by atoms with van der Waals surface area (Å²) in [6.07, 6.45) is 1.58. The lowest BCUT2D eigenvalue weighted by molar-refractivity contribution is -0.114. The van der Waals surface area contributed by atoms with Crippen molar-refractivity contribution in [3.63, 3.8) is 0 Å². The van der Waals surface area contributed by atoms with Crippen molar-refractivity contribution < 1.29 is 9.59 Å². The first kappa shape index (κ1) is 19.1. The molecule has 28 heavy (non-hydrogen) atoms. The Balaban J connectivity index is 1.65. The first-order valence-corrected chi connectivity index (χ1v) is 8.94. The highest BCUT2D eigenvalue weighted by atomic mass is 16.2. The van der Waals surface area contributed by atoms with E-state index >= 15 is 0 Å². The first-order chi connectivity index (χ1) is 13.5. The number of aryl methyl sites for hydroxylation is 1. The van der Waals surface area contributed by atoms with Crippen LogP contribution in [0.15, 0.2) is 66.9 Å². The largest absolute Gasteiger partial charge is 0.348 e. The molecule has 0 aliphatic carbocycles. The maximum Gasteiger partial charge on any atom is 0.251 e. The number of rotatable bonds is 6. The number of carbonyl (C=O) groups is 2. The van der Waals surface area contributed by atoms with Gasteiger partial charge >= 0.3 is 0 Å². The van der Waals surface area contributed by atoms with Gasteiger partial charge in [0, 0.05) is 36.6 Å². The quantitative estimate of drug-likeness (QED) is 0.608. The number of anilines is 3. The molecule has 0 bridgehead atoms. The molecular formula is C22H22N4O2. The second-order valence-corrected chi connectivity index (χ2v) is 6.49. The number of hydrogen-bond acceptors (Lipinski definition) is 4. The molecule has 0 aliphatic heterocycles. The molecule has 0 saturated carbocycles. The first-order valence-electron chi connectivity index (χ1n) is 8.94. The zero-order valence-corrected chi connectivity index (χ0v) is 15.8. The minimum Gasteiger partial charge on any atom is -0.348 e. The summed E-state index contributed by atoms with van der Waals surface area (Å²) in [6.45, 7) is 3.95. The Morgan fingerprint density at radius 1 is 0.964 bits per heavy atom. The summed E-state index contributed by atoms with van der Waals surface area (Å²) < 4.78 is 0. The molecule has 0 aliphatic rings. The number of hydrogen-bond donors (Lipinski definition) is 3. The Hall–Kier alpha value is -3.67. The van der Waals surface area contributed by atoms with Gasteiger partial charge in [0.25, 0.3) is 5.91 Å². The van der Waals surface area contributed by atoms with Crippen molar-refractivity contribution in [2.24, 2.45) is 0 Å². The highest BCUT2D eigenvalue weighted by Crippen LogP contribution is 2.19. The van der Waals surface area contributed by atoms with Crippen LogP contribution < -0.4 is 16.0 Å². The van der Waals surface area contributed by atoms with Crippen LogP contribution in [-0.4, -0.2) is 16.8 Å². The summed E-state index contributed by atoms with van der Waals surface area (Å²) in [5, 5.41) is 8.80. The highest BCUT2D eigenvalue weighted by molar-refractivity contribution is 5.95. The van der Waals surface area contributed by atoms with Gasteiger partial charge in [-0.15, -0.1) is 0 Å². The molecule has 3 aromatic rings. The molecule has 0 spiro atoms. The molecule has 3 N–H and O–H groups in total. The second-order valence-electron chi connectivity index (χ2n) is 6.49. The van der Waals surface area contributed by atoms with Crippen molar-refractivity contribution in [2.45, 2.75) is 20.4 Å². The van der Waals surface area contributed by atoms with Gasteiger partial charge in [0.15, 0.2) is 0 Å². The Morgan fingerprint density at radius 2 is 1.71 bits per heavy atom. The predicted molar refractivity (Wildman–Crippen MR) is 111 cm³/mol. The lowest BCUT2D eigenvalue weighted by Gasteiger charge is -2.10. The standard InChI is InChI=1S/C22H22N4O2/c1-15-6-8-17(9-7-15)14-24-22(28)18-10-11-23-21(12-18)26-20-5-3-4-19(13-20)25-16(2)27/h3-13H,14H2,1-2H3,(H,23,26)(H,24,28)(H,25,27). The van der Waals surface area contributed by atoms with Crippen LogP contribution in [0.4, 0.5) is 17.2 Å². The van der Waals surface area contributed by atoms with Gasteiger partial charge in [-0.1, -0.05) is 35.9 Å². The zero-order valence-electron chi connectivity index (χ0n) is 15.8. The smallest absolute Gasteiger partial charge is 0.251 e. The lowest BCUT2D eigenvalue weighted by atomic mass is 10.1. The molecule has 1 heterocycles. The Morgan fingerprint density at radius 3 is 2.46 bits per heavy atom. The summed E-state index contributed by atoms with van der Waals surface area (Å²) in [7, 11) is 0. The summed E-state index contributed by atoms with van der Waals surface area (Å²) in [5.41, 5.74) is 4.19. The molecule has 2 amide bonds. The average Bonchev–Trinajstić information content (AvgIpc) is 2.67. The van der Waals surface area contributed by atoms with Crippen molar-refractivity contribution in [3.05, 3.63) is 83.6 Å². The molecule has 0 unspecified atom stereocenters. The number of aromatic nitrogens is 1. The van der Waals surface area contributed by atoms with E-state index in [4.69, 9.17) is 0 Å². The fourth-order valence-electron chi connectivity index (χ4n) is 2.66. The van der Waals surface area contributed by atoms with E-state index in [0.717, 1.165) is 11.3 Å². The fraction of sp³-hybridized carbons (Fsp3) is 0.136. The van der Waals surface area contributed by atoms with E-state index in [-0.39, 0.29) is 11.8 Å². The molecule has 1 aromatic heterocycles. The molecule has 3 rings (SSSR count). The normalized spacial score (nSPS) is 10.2. The van der Waals surface area contributed by atoms with Gasteiger partial charge < -0.3 is 16.0 Å². The number of amides is 2. The topological polar surface area (TPSA) is 83.1 Å². The van der Waals surface area contributed by atoms with Gasteiger partial charge in [-0.25, -0.2) is 4.98 Å². The van der Waals surface area contributed by atoms with E-state index in [1.165, 1.54) is 12.5 Å². The number of nitrogens with zero attached hydrogens (tertiary/aromatic N) is 1. The third-order valence-corrected chi connectivity index (χ3v) is 4.05. The van der Waals surface area contributed by atoms with Gasteiger partial charge in [-0.2, -0.15) is 0 Å². The SMILES string of the molecule is CC(=O)Nc1cccc(Nc2cc(C(=O)NCc3ccc(C)cc3)ccn2)c1. The monoisotopic (exact) mass is 374 g/mol. The molecule has 0 radical (unpaired) electrons. The van der Waals surface area contributed by atoms with Crippen LogP contribution in [0.5, 0.6) is 0 Å². The molecule has 2 aromatic carbocycles. The summed E-state index contributed by atoms with van der Waals surface area (Å²) in [5.74, 6) is 0.239. The summed E-state index contributed by atoms with van der Waals surface area (Å²) in [6, 6.07) is 18.7. The maximum absolute atomic E-state index is 12.5. The van der Waals surface area contributed by atoms with E-state index < -0.39 is 0 Å². The average molecular weight is 374 g/mol. The van der Waals surface area contributed by atoms with Gasteiger partial charge in [-0.3, -0.25) is 9.59 Å². The minimum absolute atomic E-state index is 0.137. The van der Waals surface area contributed by atoms with Crippen molar-refractivity contribution in [3.8, 4) is 0 Å². The highest BCUT2D eigenvalue weighted by Gasteiger charge is 2.07. The summed E-state index contributed by atoms with van der Waals surface area (Å²) in [4.78, 5) is 27.9. The molecule has 0 saturated heterocycles. The van der Waals surface area contributed by atoms with Crippen LogP contribution in [0, 0.1) is 6.92 Å². The third-order valence-electron chi connectivity index (χ3n) is 4.05. The lowest BCUT2D eigenvalue weighted by Crippen LogP contribution is -2.22. The summed E-state index contributed by atoms with van der Waals surface area (Å²) >= 11 is 0.